The van der Waals surface area contributed by atoms with Crippen molar-refractivity contribution in [1.29, 1.82) is 5.26 Å². The van der Waals surface area contributed by atoms with Gasteiger partial charge in [0, 0.05) is 6.20 Å². The fraction of sp³-hybridized carbons (Fsp3) is 0.167. The van der Waals surface area contributed by atoms with E-state index in [9.17, 15) is 4.79 Å². The zero-order chi connectivity index (χ0) is 11.7. The van der Waals surface area contributed by atoms with E-state index in [1.807, 2.05) is 18.2 Å². The number of nitrogens with zero attached hydrogens (tertiary/aromatic N) is 2. The van der Waals surface area contributed by atoms with Gasteiger partial charge in [0.1, 0.15) is 6.04 Å². The zero-order valence-electron chi connectivity index (χ0n) is 8.71. The molecule has 1 aromatic heterocycles. The van der Waals surface area contributed by atoms with Crippen LogP contribution >= 0.6 is 0 Å². The molecule has 0 amide bonds. The highest BCUT2D eigenvalue weighted by atomic mass is 16.4. The maximum absolute atomic E-state index is 10.9. The molecule has 2 aromatic rings. The van der Waals surface area contributed by atoms with Crippen molar-refractivity contribution in [3.05, 3.63) is 36.0 Å². The van der Waals surface area contributed by atoms with Gasteiger partial charge in [-0.3, -0.25) is 0 Å². The molecular weight excluding hydrogens is 204 g/mol. The molecule has 1 unspecified atom stereocenters. The van der Waals surface area contributed by atoms with Crippen molar-refractivity contribution in [1.82, 2.24) is 4.57 Å². The van der Waals surface area contributed by atoms with Crippen LogP contribution in [0.1, 0.15) is 18.5 Å². The summed E-state index contributed by atoms with van der Waals surface area (Å²) in [6.07, 6.45) is 1.73. The Balaban J connectivity index is 2.63. The lowest BCUT2D eigenvalue weighted by Gasteiger charge is -2.10. The fourth-order valence-electron chi connectivity index (χ4n) is 1.68. The molecule has 0 bridgehead atoms. The van der Waals surface area contributed by atoms with Gasteiger partial charge in [0.25, 0.3) is 0 Å². The first-order valence-electron chi connectivity index (χ1n) is 4.87. The Morgan fingerprint density at radius 1 is 1.50 bits per heavy atom. The number of fused-ring (bicyclic) bond motifs is 1. The number of aromatic nitrogens is 1. The Morgan fingerprint density at radius 3 is 2.88 bits per heavy atom. The van der Waals surface area contributed by atoms with Crippen LogP contribution in [0.5, 0.6) is 0 Å². The molecule has 1 N–H and O–H groups in total. The minimum atomic E-state index is -0.889. The van der Waals surface area contributed by atoms with Crippen LogP contribution in [-0.4, -0.2) is 15.6 Å². The molecule has 0 aliphatic rings. The molecule has 80 valence electrons. The van der Waals surface area contributed by atoms with Crippen LogP contribution in [0.25, 0.3) is 10.9 Å². The number of nitriles is 1. The molecular formula is C12H10N2O2. The van der Waals surface area contributed by atoms with Gasteiger partial charge in [-0.05, 0) is 30.5 Å². The Hall–Kier alpha value is -2.28. The summed E-state index contributed by atoms with van der Waals surface area (Å²) in [5.74, 6) is -0.889. The molecule has 0 spiro atoms. The predicted octanol–water partition coefficient (Wildman–Crippen LogP) is 2.16. The van der Waals surface area contributed by atoms with Gasteiger partial charge in [-0.25, -0.2) is 4.79 Å². The summed E-state index contributed by atoms with van der Waals surface area (Å²) in [4.78, 5) is 10.9. The van der Waals surface area contributed by atoms with Crippen molar-refractivity contribution in [3.63, 3.8) is 0 Å². The first-order chi connectivity index (χ1) is 7.63. The maximum Gasteiger partial charge on any atom is 0.326 e. The van der Waals surface area contributed by atoms with E-state index in [4.69, 9.17) is 10.4 Å². The van der Waals surface area contributed by atoms with Crippen molar-refractivity contribution >= 4 is 16.9 Å². The first-order valence-corrected chi connectivity index (χ1v) is 4.87. The topological polar surface area (TPSA) is 66.0 Å². The van der Waals surface area contributed by atoms with Crippen LogP contribution in [0.15, 0.2) is 30.5 Å². The van der Waals surface area contributed by atoms with Gasteiger partial charge >= 0.3 is 5.97 Å². The number of carboxylic acids is 1. The van der Waals surface area contributed by atoms with E-state index >= 15 is 0 Å². The van der Waals surface area contributed by atoms with Crippen molar-refractivity contribution in [3.8, 4) is 6.07 Å². The number of hydrogen-bond donors (Lipinski definition) is 1. The molecule has 4 heteroatoms. The lowest BCUT2D eigenvalue weighted by Crippen LogP contribution is -2.14. The molecule has 4 nitrogen and oxygen atoms in total. The number of carbonyl (C=O) groups is 1. The normalized spacial score (nSPS) is 12.2. The van der Waals surface area contributed by atoms with Gasteiger partial charge < -0.3 is 9.67 Å². The van der Waals surface area contributed by atoms with E-state index in [0.717, 1.165) is 10.9 Å². The quantitative estimate of drug-likeness (QED) is 0.832. The third-order valence-corrected chi connectivity index (χ3v) is 2.63. The summed E-state index contributed by atoms with van der Waals surface area (Å²) >= 11 is 0. The lowest BCUT2D eigenvalue weighted by molar-refractivity contribution is -0.140. The van der Waals surface area contributed by atoms with E-state index in [2.05, 4.69) is 0 Å². The van der Waals surface area contributed by atoms with E-state index in [1.165, 1.54) is 0 Å². The molecule has 0 saturated heterocycles. The number of benzene rings is 1. The largest absolute Gasteiger partial charge is 0.480 e. The van der Waals surface area contributed by atoms with E-state index in [-0.39, 0.29) is 0 Å². The van der Waals surface area contributed by atoms with Crippen molar-refractivity contribution in [2.45, 2.75) is 13.0 Å². The zero-order valence-corrected chi connectivity index (χ0v) is 8.71. The Bertz CT molecular complexity index is 593. The van der Waals surface area contributed by atoms with E-state index in [1.54, 1.807) is 29.8 Å². The SMILES string of the molecule is CC(C(=O)O)n1ccc2ccc(C#N)cc21. The van der Waals surface area contributed by atoms with Crippen LogP contribution in [0.4, 0.5) is 0 Å². The summed E-state index contributed by atoms with van der Waals surface area (Å²) in [6, 6.07) is 8.50. The van der Waals surface area contributed by atoms with E-state index in [0.29, 0.717) is 5.56 Å². The summed E-state index contributed by atoms with van der Waals surface area (Å²) in [5.41, 5.74) is 1.30. The highest BCUT2D eigenvalue weighted by molar-refractivity contribution is 5.84. The Morgan fingerprint density at radius 2 is 2.25 bits per heavy atom. The molecule has 0 saturated carbocycles. The first kappa shape index (κ1) is 10.2. The second-order valence-electron chi connectivity index (χ2n) is 3.62. The fourth-order valence-corrected chi connectivity index (χ4v) is 1.68. The summed E-state index contributed by atoms with van der Waals surface area (Å²) in [6.45, 7) is 1.61. The molecule has 1 aromatic carbocycles. The number of aliphatic carboxylic acids is 1. The van der Waals surface area contributed by atoms with Gasteiger partial charge in [0.15, 0.2) is 0 Å². The van der Waals surface area contributed by atoms with E-state index < -0.39 is 12.0 Å². The van der Waals surface area contributed by atoms with Crippen molar-refractivity contribution in [2.24, 2.45) is 0 Å². The number of rotatable bonds is 2. The number of hydrogen-bond acceptors (Lipinski definition) is 2. The van der Waals surface area contributed by atoms with Gasteiger partial charge in [-0.2, -0.15) is 5.26 Å². The molecule has 0 fully saturated rings. The average Bonchev–Trinajstić information content (AvgIpc) is 2.70. The molecule has 0 radical (unpaired) electrons. The summed E-state index contributed by atoms with van der Waals surface area (Å²) in [5, 5.41) is 18.7. The monoisotopic (exact) mass is 214 g/mol. The average molecular weight is 214 g/mol. The van der Waals surface area contributed by atoms with Gasteiger partial charge in [0.2, 0.25) is 0 Å². The maximum atomic E-state index is 10.9. The van der Waals surface area contributed by atoms with Gasteiger partial charge in [0.05, 0.1) is 17.1 Å². The van der Waals surface area contributed by atoms with Crippen LogP contribution in [0.2, 0.25) is 0 Å². The molecule has 1 atom stereocenters. The predicted molar refractivity (Wildman–Crippen MR) is 59.0 cm³/mol. The molecule has 0 aliphatic heterocycles. The van der Waals surface area contributed by atoms with Crippen LogP contribution in [0, 0.1) is 11.3 Å². The molecule has 2 rings (SSSR count). The summed E-state index contributed by atoms with van der Waals surface area (Å²) < 4.78 is 1.65. The molecule has 1 heterocycles. The highest BCUT2D eigenvalue weighted by Gasteiger charge is 2.14. The van der Waals surface area contributed by atoms with Crippen molar-refractivity contribution < 1.29 is 9.90 Å². The second kappa shape index (κ2) is 3.70. The lowest BCUT2D eigenvalue weighted by atomic mass is 10.2. The van der Waals surface area contributed by atoms with Crippen LogP contribution in [0.3, 0.4) is 0 Å². The third-order valence-electron chi connectivity index (χ3n) is 2.63. The summed E-state index contributed by atoms with van der Waals surface area (Å²) in [7, 11) is 0. The van der Waals surface area contributed by atoms with Crippen molar-refractivity contribution in [2.75, 3.05) is 0 Å². The third kappa shape index (κ3) is 1.52. The highest BCUT2D eigenvalue weighted by Crippen LogP contribution is 2.21. The second-order valence-corrected chi connectivity index (χ2v) is 3.62. The number of carboxylic acid groups (broad SMARTS) is 1. The van der Waals surface area contributed by atoms with Crippen LogP contribution < -0.4 is 0 Å². The standard InChI is InChI=1S/C12H10N2O2/c1-8(12(15)16)14-5-4-10-3-2-9(7-13)6-11(10)14/h2-6,8H,1H3,(H,15,16). The Labute approximate surface area is 92.3 Å². The minimum absolute atomic E-state index is 0.532. The minimum Gasteiger partial charge on any atom is -0.480 e. The molecule has 16 heavy (non-hydrogen) atoms. The van der Waals surface area contributed by atoms with Gasteiger partial charge in [-0.15, -0.1) is 0 Å². The smallest absolute Gasteiger partial charge is 0.326 e. The molecule has 0 aliphatic carbocycles. The van der Waals surface area contributed by atoms with Gasteiger partial charge in [-0.1, -0.05) is 6.07 Å². The van der Waals surface area contributed by atoms with Crippen LogP contribution in [-0.2, 0) is 4.79 Å². The Kier molecular flexibility index (Phi) is 2.37.